The molecule has 1 saturated heterocycles. The predicted octanol–water partition coefficient (Wildman–Crippen LogP) is 2.99. The predicted molar refractivity (Wildman–Crippen MR) is 115 cm³/mol. The van der Waals surface area contributed by atoms with Gasteiger partial charge >= 0.3 is 0 Å². The molecular weight excluding hydrogens is 369 g/mol. The summed E-state index contributed by atoms with van der Waals surface area (Å²) in [4.78, 5) is 10.5. The molecule has 29 heavy (non-hydrogen) atoms. The molecule has 1 atom stereocenters. The molecule has 1 aromatic heterocycles. The van der Waals surface area contributed by atoms with E-state index in [4.69, 9.17) is 4.74 Å². The van der Waals surface area contributed by atoms with E-state index in [0.717, 1.165) is 37.6 Å². The van der Waals surface area contributed by atoms with Crippen LogP contribution in [0, 0.1) is 5.82 Å². The third-order valence-electron chi connectivity index (χ3n) is 4.79. The van der Waals surface area contributed by atoms with Crippen molar-refractivity contribution in [3.8, 4) is 5.75 Å². The van der Waals surface area contributed by atoms with Crippen LogP contribution in [0.25, 0.3) is 0 Å². The van der Waals surface area contributed by atoms with E-state index in [1.807, 2.05) is 30.9 Å². The van der Waals surface area contributed by atoms with E-state index in [2.05, 4.69) is 32.7 Å². The molecule has 156 valence electrons. The summed E-state index contributed by atoms with van der Waals surface area (Å²) >= 11 is 0. The smallest absolute Gasteiger partial charge is 0.191 e. The van der Waals surface area contributed by atoms with Gasteiger partial charge in [0.05, 0.1) is 6.10 Å². The first-order valence-corrected chi connectivity index (χ1v) is 10.1. The van der Waals surface area contributed by atoms with Crippen molar-refractivity contribution >= 4 is 11.8 Å². The maximum Gasteiger partial charge on any atom is 0.191 e. The molecule has 1 unspecified atom stereocenters. The largest absolute Gasteiger partial charge is 0.491 e. The molecule has 1 aromatic carbocycles. The number of halogens is 1. The SMILES string of the molecule is CN=C(NCCc1ccc(OC(C)C)cc1)NC1CCN(c2ncccc2F)C1. The van der Waals surface area contributed by atoms with Gasteiger partial charge in [0, 0.05) is 38.9 Å². The molecule has 0 saturated carbocycles. The summed E-state index contributed by atoms with van der Waals surface area (Å²) in [7, 11) is 1.76. The zero-order valence-corrected chi connectivity index (χ0v) is 17.4. The van der Waals surface area contributed by atoms with Crippen molar-refractivity contribution in [2.75, 3.05) is 31.6 Å². The van der Waals surface area contributed by atoms with Crippen LogP contribution in [0.1, 0.15) is 25.8 Å². The fourth-order valence-corrected chi connectivity index (χ4v) is 3.40. The lowest BCUT2D eigenvalue weighted by molar-refractivity contribution is 0.242. The molecule has 0 spiro atoms. The lowest BCUT2D eigenvalue weighted by atomic mass is 10.1. The van der Waals surface area contributed by atoms with Crippen LogP contribution in [0.3, 0.4) is 0 Å². The van der Waals surface area contributed by atoms with Gasteiger partial charge in [-0.05, 0) is 56.5 Å². The second-order valence-corrected chi connectivity index (χ2v) is 7.44. The second-order valence-electron chi connectivity index (χ2n) is 7.44. The number of aliphatic imine (C=N–C) groups is 1. The second kappa shape index (κ2) is 10.1. The molecule has 6 nitrogen and oxygen atoms in total. The molecular formula is C22H30FN5O. The average Bonchev–Trinajstić information content (AvgIpc) is 3.16. The van der Waals surface area contributed by atoms with E-state index in [-0.39, 0.29) is 18.0 Å². The number of nitrogens with zero attached hydrogens (tertiary/aromatic N) is 3. The molecule has 3 rings (SSSR count). The topological polar surface area (TPSA) is 61.8 Å². The molecule has 0 bridgehead atoms. The highest BCUT2D eigenvalue weighted by atomic mass is 19.1. The van der Waals surface area contributed by atoms with Gasteiger partial charge in [0.15, 0.2) is 17.6 Å². The molecule has 0 aliphatic carbocycles. The zero-order valence-electron chi connectivity index (χ0n) is 17.4. The number of aromatic nitrogens is 1. The van der Waals surface area contributed by atoms with Crippen LogP contribution in [-0.4, -0.2) is 49.8 Å². The summed E-state index contributed by atoms with van der Waals surface area (Å²) in [5.41, 5.74) is 1.24. The van der Waals surface area contributed by atoms with Crippen LogP contribution < -0.4 is 20.3 Å². The number of benzene rings is 1. The fourth-order valence-electron chi connectivity index (χ4n) is 3.40. The number of ether oxygens (including phenoxy) is 1. The molecule has 1 aliphatic rings. The lowest BCUT2D eigenvalue weighted by Crippen LogP contribution is -2.45. The first-order valence-electron chi connectivity index (χ1n) is 10.1. The monoisotopic (exact) mass is 399 g/mol. The molecule has 0 amide bonds. The Balaban J connectivity index is 1.43. The van der Waals surface area contributed by atoms with Gasteiger partial charge in [-0.15, -0.1) is 0 Å². The summed E-state index contributed by atoms with van der Waals surface area (Å²) in [5, 5.41) is 6.79. The van der Waals surface area contributed by atoms with Gasteiger partial charge in [0.1, 0.15) is 5.75 Å². The molecule has 0 radical (unpaired) electrons. The molecule has 7 heteroatoms. The highest BCUT2D eigenvalue weighted by Crippen LogP contribution is 2.20. The number of rotatable bonds is 7. The summed E-state index contributed by atoms with van der Waals surface area (Å²) in [6, 6.07) is 11.5. The summed E-state index contributed by atoms with van der Waals surface area (Å²) in [5.74, 6) is 1.80. The van der Waals surface area contributed by atoms with Crippen LogP contribution >= 0.6 is 0 Å². The van der Waals surface area contributed by atoms with Gasteiger partial charge < -0.3 is 20.3 Å². The van der Waals surface area contributed by atoms with Gasteiger partial charge in [-0.25, -0.2) is 9.37 Å². The normalized spacial score (nSPS) is 16.9. The van der Waals surface area contributed by atoms with Crippen LogP contribution in [0.2, 0.25) is 0 Å². The number of nitrogens with one attached hydrogen (secondary N) is 2. The Kier molecular flexibility index (Phi) is 7.27. The van der Waals surface area contributed by atoms with E-state index < -0.39 is 0 Å². The first-order chi connectivity index (χ1) is 14.0. The lowest BCUT2D eigenvalue weighted by Gasteiger charge is -2.20. The maximum absolute atomic E-state index is 13.9. The van der Waals surface area contributed by atoms with Crippen molar-refractivity contribution in [1.29, 1.82) is 0 Å². The van der Waals surface area contributed by atoms with E-state index in [9.17, 15) is 4.39 Å². The minimum Gasteiger partial charge on any atom is -0.491 e. The number of hydrogen-bond acceptors (Lipinski definition) is 4. The van der Waals surface area contributed by atoms with Crippen LogP contribution in [-0.2, 0) is 6.42 Å². The van der Waals surface area contributed by atoms with Crippen molar-refractivity contribution in [2.24, 2.45) is 4.99 Å². The Bertz CT molecular complexity index is 809. The molecule has 2 N–H and O–H groups in total. The van der Waals surface area contributed by atoms with Crippen molar-refractivity contribution in [3.05, 3.63) is 54.0 Å². The maximum atomic E-state index is 13.9. The van der Waals surface area contributed by atoms with Gasteiger partial charge in [-0.3, -0.25) is 4.99 Å². The summed E-state index contributed by atoms with van der Waals surface area (Å²) < 4.78 is 19.6. The highest BCUT2D eigenvalue weighted by Gasteiger charge is 2.25. The number of anilines is 1. The summed E-state index contributed by atoms with van der Waals surface area (Å²) in [6.45, 7) is 6.29. The Hall–Kier alpha value is -2.83. The van der Waals surface area contributed by atoms with Gasteiger partial charge in [-0.1, -0.05) is 12.1 Å². The highest BCUT2D eigenvalue weighted by molar-refractivity contribution is 5.80. The third kappa shape index (κ3) is 6.07. The fraction of sp³-hybridized carbons (Fsp3) is 0.455. The minimum absolute atomic E-state index is 0.178. The van der Waals surface area contributed by atoms with Crippen LogP contribution in [0.15, 0.2) is 47.6 Å². The molecule has 2 aromatic rings. The Morgan fingerprint density at radius 3 is 2.79 bits per heavy atom. The Morgan fingerprint density at radius 1 is 1.31 bits per heavy atom. The first kappa shape index (κ1) is 20.9. The van der Waals surface area contributed by atoms with Crippen LogP contribution in [0.4, 0.5) is 10.2 Å². The van der Waals surface area contributed by atoms with Gasteiger partial charge in [-0.2, -0.15) is 0 Å². The quantitative estimate of drug-likeness (QED) is 0.554. The standard InChI is InChI=1S/C22H30FN5O/c1-16(2)29-19-8-6-17(7-9-19)10-13-26-22(24-3)27-18-11-14-28(15-18)21-20(23)5-4-12-25-21/h4-9,12,16,18H,10-11,13-15H2,1-3H3,(H2,24,26,27). The third-order valence-corrected chi connectivity index (χ3v) is 4.79. The number of pyridine rings is 1. The minimum atomic E-state index is -0.277. The van der Waals surface area contributed by atoms with E-state index >= 15 is 0 Å². The van der Waals surface area contributed by atoms with E-state index in [1.54, 1.807) is 19.3 Å². The van der Waals surface area contributed by atoms with Crippen molar-refractivity contribution in [2.45, 2.75) is 38.8 Å². The van der Waals surface area contributed by atoms with Gasteiger partial charge in [0.2, 0.25) is 0 Å². The average molecular weight is 400 g/mol. The van der Waals surface area contributed by atoms with Crippen molar-refractivity contribution in [1.82, 2.24) is 15.6 Å². The molecule has 1 fully saturated rings. The Labute approximate surface area is 172 Å². The zero-order chi connectivity index (χ0) is 20.6. The van der Waals surface area contributed by atoms with Crippen molar-refractivity contribution < 1.29 is 9.13 Å². The molecule has 2 heterocycles. The Morgan fingerprint density at radius 2 is 2.10 bits per heavy atom. The number of guanidine groups is 1. The van der Waals surface area contributed by atoms with Crippen LogP contribution in [0.5, 0.6) is 5.75 Å². The van der Waals surface area contributed by atoms with E-state index in [1.165, 1.54) is 11.6 Å². The van der Waals surface area contributed by atoms with E-state index in [0.29, 0.717) is 12.4 Å². The summed E-state index contributed by atoms with van der Waals surface area (Å²) in [6.07, 6.45) is 3.60. The molecule has 1 aliphatic heterocycles. The number of hydrogen-bond donors (Lipinski definition) is 2. The van der Waals surface area contributed by atoms with Gasteiger partial charge in [0.25, 0.3) is 0 Å². The van der Waals surface area contributed by atoms with Crippen molar-refractivity contribution in [3.63, 3.8) is 0 Å².